The zero-order valence-electron chi connectivity index (χ0n) is 7.78. The number of phenolic OH excluding ortho intramolecular Hbond substituents is 1. The van der Waals surface area contributed by atoms with Gasteiger partial charge in [0.25, 0.3) is 0 Å². The summed E-state index contributed by atoms with van der Waals surface area (Å²) >= 11 is 1.40. The summed E-state index contributed by atoms with van der Waals surface area (Å²) in [5.41, 5.74) is 0.924. The Kier molecular flexibility index (Phi) is 2.25. The third-order valence-corrected chi connectivity index (χ3v) is 3.26. The van der Waals surface area contributed by atoms with E-state index in [4.69, 9.17) is 0 Å². The molecule has 2 rings (SSSR count). The van der Waals surface area contributed by atoms with Gasteiger partial charge in [-0.3, -0.25) is 4.79 Å². The molecule has 72 valence electrons. The predicted molar refractivity (Wildman–Crippen MR) is 58.3 cm³/mol. The van der Waals surface area contributed by atoms with Crippen molar-refractivity contribution in [3.63, 3.8) is 0 Å². The number of carbonyl (C=O) groups is 1. The number of rotatable bonds is 2. The summed E-state index contributed by atoms with van der Waals surface area (Å²) < 4.78 is 0.960. The van der Waals surface area contributed by atoms with Crippen molar-refractivity contribution in [2.75, 3.05) is 0 Å². The monoisotopic (exact) mass is 206 g/mol. The summed E-state index contributed by atoms with van der Waals surface area (Å²) in [5, 5.41) is 10.6. The van der Waals surface area contributed by atoms with E-state index in [1.807, 2.05) is 19.1 Å². The number of hydrogen-bond donors (Lipinski definition) is 1. The molecular weight excluding hydrogens is 196 g/mol. The van der Waals surface area contributed by atoms with Crippen LogP contribution in [0.25, 0.3) is 10.1 Å². The van der Waals surface area contributed by atoms with Crippen molar-refractivity contribution < 1.29 is 9.90 Å². The average molecular weight is 206 g/mol. The van der Waals surface area contributed by atoms with Crippen LogP contribution in [0.1, 0.15) is 22.2 Å². The number of aldehydes is 1. The quantitative estimate of drug-likeness (QED) is 0.767. The van der Waals surface area contributed by atoms with Gasteiger partial charge < -0.3 is 5.11 Å². The van der Waals surface area contributed by atoms with Crippen LogP contribution < -0.4 is 0 Å². The topological polar surface area (TPSA) is 37.3 Å². The van der Waals surface area contributed by atoms with Gasteiger partial charge in [0.05, 0.1) is 4.88 Å². The van der Waals surface area contributed by atoms with E-state index >= 15 is 0 Å². The van der Waals surface area contributed by atoms with E-state index < -0.39 is 0 Å². The standard InChI is InChI=1S/C11H10O2S/c1-2-7-3-8-4-9(6-12)14-11(8)5-10(7)13/h3-6,13H,2H2,1H3. The molecule has 1 aromatic heterocycles. The zero-order chi connectivity index (χ0) is 10.1. The van der Waals surface area contributed by atoms with E-state index in [0.29, 0.717) is 10.6 Å². The molecule has 1 aromatic carbocycles. The van der Waals surface area contributed by atoms with Crippen molar-refractivity contribution in [2.24, 2.45) is 0 Å². The van der Waals surface area contributed by atoms with Crippen molar-refractivity contribution in [3.8, 4) is 5.75 Å². The number of carbonyl (C=O) groups excluding carboxylic acids is 1. The summed E-state index contributed by atoms with van der Waals surface area (Å²) in [6.07, 6.45) is 1.64. The minimum absolute atomic E-state index is 0.319. The number of aromatic hydroxyl groups is 1. The van der Waals surface area contributed by atoms with Crippen LogP contribution in [0.2, 0.25) is 0 Å². The smallest absolute Gasteiger partial charge is 0.160 e. The van der Waals surface area contributed by atoms with Crippen LogP contribution in [0.15, 0.2) is 18.2 Å². The van der Waals surface area contributed by atoms with Gasteiger partial charge in [0.2, 0.25) is 0 Å². The van der Waals surface area contributed by atoms with Crippen molar-refractivity contribution in [2.45, 2.75) is 13.3 Å². The maximum Gasteiger partial charge on any atom is 0.160 e. The molecule has 0 aliphatic rings. The molecule has 0 saturated carbocycles. The Labute approximate surface area is 85.8 Å². The zero-order valence-corrected chi connectivity index (χ0v) is 8.60. The molecule has 2 nitrogen and oxygen atoms in total. The summed E-state index contributed by atoms with van der Waals surface area (Å²) in [6, 6.07) is 5.52. The van der Waals surface area contributed by atoms with Crippen molar-refractivity contribution in [3.05, 3.63) is 28.6 Å². The fourth-order valence-corrected chi connectivity index (χ4v) is 2.38. The summed E-state index contributed by atoms with van der Waals surface area (Å²) in [7, 11) is 0. The van der Waals surface area contributed by atoms with E-state index in [9.17, 15) is 9.90 Å². The Morgan fingerprint density at radius 3 is 2.86 bits per heavy atom. The van der Waals surface area contributed by atoms with Crippen LogP contribution in [0.4, 0.5) is 0 Å². The van der Waals surface area contributed by atoms with Gasteiger partial charge >= 0.3 is 0 Å². The summed E-state index contributed by atoms with van der Waals surface area (Å²) in [4.78, 5) is 11.3. The third-order valence-electron chi connectivity index (χ3n) is 2.23. The molecule has 0 saturated heterocycles. The summed E-state index contributed by atoms with van der Waals surface area (Å²) in [6.45, 7) is 1.99. The van der Waals surface area contributed by atoms with E-state index in [0.717, 1.165) is 28.4 Å². The Morgan fingerprint density at radius 1 is 1.43 bits per heavy atom. The highest BCUT2D eigenvalue weighted by molar-refractivity contribution is 7.20. The molecule has 3 heteroatoms. The lowest BCUT2D eigenvalue weighted by atomic mass is 10.1. The molecule has 2 aromatic rings. The van der Waals surface area contributed by atoms with Crippen LogP contribution in [-0.2, 0) is 6.42 Å². The van der Waals surface area contributed by atoms with Crippen molar-refractivity contribution in [1.82, 2.24) is 0 Å². The first-order valence-electron chi connectivity index (χ1n) is 4.45. The molecule has 0 radical (unpaired) electrons. The maximum absolute atomic E-state index is 10.6. The molecule has 0 atom stereocenters. The molecule has 14 heavy (non-hydrogen) atoms. The maximum atomic E-state index is 10.6. The molecular formula is C11H10O2S. The second-order valence-electron chi connectivity index (χ2n) is 3.14. The van der Waals surface area contributed by atoms with E-state index in [-0.39, 0.29) is 0 Å². The highest BCUT2D eigenvalue weighted by atomic mass is 32.1. The van der Waals surface area contributed by atoms with Crippen molar-refractivity contribution >= 4 is 27.7 Å². The van der Waals surface area contributed by atoms with E-state index in [1.54, 1.807) is 6.07 Å². The largest absolute Gasteiger partial charge is 0.508 e. The Hall–Kier alpha value is -1.35. The highest BCUT2D eigenvalue weighted by Gasteiger charge is 2.05. The minimum Gasteiger partial charge on any atom is -0.508 e. The number of aryl methyl sites for hydroxylation is 1. The second-order valence-corrected chi connectivity index (χ2v) is 4.25. The first-order valence-corrected chi connectivity index (χ1v) is 5.27. The Balaban J connectivity index is 2.69. The Morgan fingerprint density at radius 2 is 2.21 bits per heavy atom. The molecule has 0 spiro atoms. The minimum atomic E-state index is 0.319. The van der Waals surface area contributed by atoms with Crippen LogP contribution in [0.5, 0.6) is 5.75 Å². The SMILES string of the molecule is CCc1cc2cc(C=O)sc2cc1O. The molecule has 0 bridgehead atoms. The van der Waals surface area contributed by atoms with Gasteiger partial charge in [-0.2, -0.15) is 0 Å². The molecule has 1 N–H and O–H groups in total. The van der Waals surface area contributed by atoms with Gasteiger partial charge in [0, 0.05) is 4.70 Å². The van der Waals surface area contributed by atoms with Crippen LogP contribution in [-0.4, -0.2) is 11.4 Å². The molecule has 0 aliphatic heterocycles. The lowest BCUT2D eigenvalue weighted by molar-refractivity contribution is 0.112. The number of benzene rings is 1. The predicted octanol–water partition coefficient (Wildman–Crippen LogP) is 2.98. The number of hydrogen-bond acceptors (Lipinski definition) is 3. The first kappa shape index (κ1) is 9.21. The summed E-state index contributed by atoms with van der Waals surface area (Å²) in [5.74, 6) is 0.319. The Bertz CT molecular complexity index is 485. The fraction of sp³-hybridized carbons (Fsp3) is 0.182. The molecule has 0 unspecified atom stereocenters. The highest BCUT2D eigenvalue weighted by Crippen LogP contribution is 2.31. The molecule has 0 fully saturated rings. The lowest BCUT2D eigenvalue weighted by Gasteiger charge is -2.00. The van der Waals surface area contributed by atoms with E-state index in [1.165, 1.54) is 11.3 Å². The third kappa shape index (κ3) is 1.40. The van der Waals surface area contributed by atoms with Gasteiger partial charge in [-0.1, -0.05) is 6.92 Å². The molecule has 0 aliphatic carbocycles. The van der Waals surface area contributed by atoms with Gasteiger partial charge in [-0.05, 0) is 35.6 Å². The van der Waals surface area contributed by atoms with Crippen LogP contribution in [0, 0.1) is 0 Å². The van der Waals surface area contributed by atoms with Gasteiger partial charge in [-0.15, -0.1) is 11.3 Å². The molecule has 1 heterocycles. The van der Waals surface area contributed by atoms with Crippen molar-refractivity contribution in [1.29, 1.82) is 0 Å². The molecule has 0 amide bonds. The fourth-order valence-electron chi connectivity index (χ4n) is 1.49. The number of phenols is 1. The van der Waals surface area contributed by atoms with Gasteiger partial charge in [-0.25, -0.2) is 0 Å². The van der Waals surface area contributed by atoms with E-state index in [2.05, 4.69) is 0 Å². The average Bonchev–Trinajstić information content (AvgIpc) is 2.58. The number of fused-ring (bicyclic) bond motifs is 1. The van der Waals surface area contributed by atoms with Gasteiger partial charge in [0.1, 0.15) is 5.75 Å². The number of thiophene rings is 1. The normalized spacial score (nSPS) is 10.6. The lowest BCUT2D eigenvalue weighted by Crippen LogP contribution is -1.79. The second kappa shape index (κ2) is 3.42. The first-order chi connectivity index (χ1) is 6.74. The van der Waals surface area contributed by atoms with Crippen LogP contribution in [0.3, 0.4) is 0 Å². The van der Waals surface area contributed by atoms with Gasteiger partial charge in [0.15, 0.2) is 6.29 Å². The van der Waals surface area contributed by atoms with Crippen LogP contribution >= 0.6 is 11.3 Å².